The minimum Gasteiger partial charge on any atom is -0.467 e. The molecule has 0 bridgehead atoms. The van der Waals surface area contributed by atoms with Crippen LogP contribution in [0.25, 0.3) is 0 Å². The number of hydrogen-bond acceptors (Lipinski definition) is 6. The first kappa shape index (κ1) is 26.6. The number of ketones is 1. The van der Waals surface area contributed by atoms with E-state index in [2.05, 4.69) is 5.32 Å². The summed E-state index contributed by atoms with van der Waals surface area (Å²) < 4.78 is 10.3. The van der Waals surface area contributed by atoms with Gasteiger partial charge >= 0.3 is 12.1 Å². The number of benzene rings is 3. The fourth-order valence-corrected chi connectivity index (χ4v) is 4.45. The van der Waals surface area contributed by atoms with Crippen molar-refractivity contribution in [3.05, 3.63) is 107 Å². The van der Waals surface area contributed by atoms with Crippen LogP contribution in [0.1, 0.15) is 39.9 Å². The lowest BCUT2D eigenvalue weighted by atomic mass is 9.99. The highest BCUT2D eigenvalue weighted by molar-refractivity contribution is 6.08. The highest BCUT2D eigenvalue weighted by atomic mass is 16.6. The van der Waals surface area contributed by atoms with E-state index in [0.29, 0.717) is 30.5 Å². The number of amides is 2. The molecule has 196 valence electrons. The Labute approximate surface area is 221 Å². The van der Waals surface area contributed by atoms with Gasteiger partial charge in [-0.3, -0.25) is 14.5 Å². The van der Waals surface area contributed by atoms with Gasteiger partial charge < -0.3 is 14.8 Å². The van der Waals surface area contributed by atoms with E-state index in [1.807, 2.05) is 36.4 Å². The molecule has 0 unspecified atom stereocenters. The maximum atomic E-state index is 13.1. The summed E-state index contributed by atoms with van der Waals surface area (Å²) in [6.07, 6.45) is 0.720. The third kappa shape index (κ3) is 6.64. The molecule has 8 heteroatoms. The Bertz CT molecular complexity index is 1260. The molecule has 8 nitrogen and oxygen atoms in total. The summed E-state index contributed by atoms with van der Waals surface area (Å²) in [5.41, 5.74) is 2.71. The van der Waals surface area contributed by atoms with Crippen molar-refractivity contribution in [2.24, 2.45) is 0 Å². The summed E-state index contributed by atoms with van der Waals surface area (Å²) in [4.78, 5) is 52.4. The Morgan fingerprint density at radius 1 is 0.868 bits per heavy atom. The van der Waals surface area contributed by atoms with Crippen LogP contribution >= 0.6 is 0 Å². The molecule has 0 saturated carbocycles. The minimum absolute atomic E-state index is 0.101. The standard InChI is InChI=1S/C30H30N2O6/c1-37-29(35)25(19-21-14-16-24(17-15-21)27(33)23-11-6-3-7-12-23)31-28(34)26-13-8-18-32(26)30(36)38-20-22-9-4-2-5-10-22/h2-7,9-12,14-17,25-26H,8,13,18-20H2,1H3,(H,31,34)/t25-,26+/m0/s1. The third-order valence-corrected chi connectivity index (χ3v) is 6.49. The van der Waals surface area contributed by atoms with Crippen molar-refractivity contribution in [2.45, 2.75) is 38.0 Å². The molecule has 0 spiro atoms. The zero-order valence-corrected chi connectivity index (χ0v) is 21.2. The summed E-state index contributed by atoms with van der Waals surface area (Å²) in [5.74, 6) is -1.14. The van der Waals surface area contributed by atoms with Crippen molar-refractivity contribution in [1.82, 2.24) is 10.2 Å². The largest absolute Gasteiger partial charge is 0.467 e. The monoisotopic (exact) mass is 514 g/mol. The van der Waals surface area contributed by atoms with Crippen LogP contribution in [-0.4, -0.2) is 54.4 Å². The van der Waals surface area contributed by atoms with Gasteiger partial charge in [-0.1, -0.05) is 84.9 Å². The van der Waals surface area contributed by atoms with Crippen LogP contribution in [0.2, 0.25) is 0 Å². The summed E-state index contributed by atoms with van der Waals surface area (Å²) in [5, 5.41) is 2.75. The lowest BCUT2D eigenvalue weighted by molar-refractivity contribution is -0.145. The first-order chi connectivity index (χ1) is 18.5. The lowest BCUT2D eigenvalue weighted by Gasteiger charge is -2.25. The first-order valence-corrected chi connectivity index (χ1v) is 12.5. The van der Waals surface area contributed by atoms with E-state index in [1.165, 1.54) is 12.0 Å². The maximum absolute atomic E-state index is 13.1. The molecule has 1 fully saturated rings. The van der Waals surface area contributed by atoms with Gasteiger partial charge in [0, 0.05) is 24.1 Å². The molecule has 0 radical (unpaired) electrons. The van der Waals surface area contributed by atoms with Crippen molar-refractivity contribution in [3.8, 4) is 0 Å². The van der Waals surface area contributed by atoms with Gasteiger partial charge in [-0.25, -0.2) is 9.59 Å². The van der Waals surface area contributed by atoms with Crippen molar-refractivity contribution in [1.29, 1.82) is 0 Å². The molecule has 1 heterocycles. The van der Waals surface area contributed by atoms with E-state index < -0.39 is 30.1 Å². The highest BCUT2D eigenvalue weighted by Crippen LogP contribution is 2.20. The van der Waals surface area contributed by atoms with Crippen LogP contribution in [0.15, 0.2) is 84.9 Å². The predicted octanol–water partition coefficient (Wildman–Crippen LogP) is 3.92. The number of nitrogens with one attached hydrogen (secondary N) is 1. The molecular formula is C30H30N2O6. The van der Waals surface area contributed by atoms with E-state index in [1.54, 1.807) is 48.5 Å². The van der Waals surface area contributed by atoms with E-state index in [4.69, 9.17) is 9.47 Å². The second-order valence-electron chi connectivity index (χ2n) is 9.07. The predicted molar refractivity (Wildman–Crippen MR) is 140 cm³/mol. The van der Waals surface area contributed by atoms with Crippen LogP contribution in [0, 0.1) is 0 Å². The first-order valence-electron chi connectivity index (χ1n) is 12.5. The van der Waals surface area contributed by atoms with Gasteiger partial charge in [0.1, 0.15) is 18.7 Å². The number of likely N-dealkylation sites (tertiary alicyclic amines) is 1. The van der Waals surface area contributed by atoms with E-state index in [-0.39, 0.29) is 18.8 Å². The van der Waals surface area contributed by atoms with Gasteiger partial charge in [-0.15, -0.1) is 0 Å². The highest BCUT2D eigenvalue weighted by Gasteiger charge is 2.37. The van der Waals surface area contributed by atoms with Crippen LogP contribution < -0.4 is 5.32 Å². The van der Waals surface area contributed by atoms with Crippen molar-refractivity contribution < 1.29 is 28.7 Å². The second-order valence-corrected chi connectivity index (χ2v) is 9.07. The summed E-state index contributed by atoms with van der Waals surface area (Å²) in [6.45, 7) is 0.504. The van der Waals surface area contributed by atoms with E-state index in [9.17, 15) is 19.2 Å². The molecule has 1 aliphatic heterocycles. The molecule has 0 aromatic heterocycles. The van der Waals surface area contributed by atoms with E-state index >= 15 is 0 Å². The van der Waals surface area contributed by atoms with E-state index in [0.717, 1.165) is 11.1 Å². The number of rotatable bonds is 9. The molecular weight excluding hydrogens is 484 g/mol. The maximum Gasteiger partial charge on any atom is 0.410 e. The average molecular weight is 515 g/mol. The molecule has 1 N–H and O–H groups in total. The molecule has 38 heavy (non-hydrogen) atoms. The normalized spacial score (nSPS) is 15.4. The minimum atomic E-state index is -0.953. The van der Waals surface area contributed by atoms with Crippen molar-refractivity contribution in [2.75, 3.05) is 13.7 Å². The zero-order chi connectivity index (χ0) is 26.9. The molecule has 1 aliphatic rings. The van der Waals surface area contributed by atoms with Gasteiger partial charge in [0.15, 0.2) is 5.78 Å². The second kappa shape index (κ2) is 12.7. The molecule has 4 rings (SSSR count). The van der Waals surface area contributed by atoms with Gasteiger partial charge in [-0.05, 0) is 24.0 Å². The van der Waals surface area contributed by atoms with Crippen LogP contribution in [0.3, 0.4) is 0 Å². The molecule has 1 saturated heterocycles. The summed E-state index contributed by atoms with van der Waals surface area (Å²) >= 11 is 0. The number of methoxy groups -OCH3 is 1. The van der Waals surface area contributed by atoms with Crippen molar-refractivity contribution in [3.63, 3.8) is 0 Å². The topological polar surface area (TPSA) is 102 Å². The van der Waals surface area contributed by atoms with Crippen LogP contribution in [-0.2, 0) is 32.1 Å². The Morgan fingerprint density at radius 3 is 2.16 bits per heavy atom. The smallest absolute Gasteiger partial charge is 0.410 e. The quantitative estimate of drug-likeness (QED) is 0.343. The zero-order valence-electron chi connectivity index (χ0n) is 21.2. The average Bonchev–Trinajstić information content (AvgIpc) is 3.47. The number of esters is 1. The fourth-order valence-electron chi connectivity index (χ4n) is 4.45. The molecule has 3 aromatic rings. The number of hydrogen-bond donors (Lipinski definition) is 1. The Hall–Kier alpha value is -4.46. The molecule has 2 amide bonds. The number of ether oxygens (including phenoxy) is 2. The Kier molecular flexibility index (Phi) is 8.87. The summed E-state index contributed by atoms with van der Waals surface area (Å²) in [6, 6.07) is 23.5. The van der Waals surface area contributed by atoms with Gasteiger partial charge in [0.2, 0.25) is 5.91 Å². The summed E-state index contributed by atoms with van der Waals surface area (Å²) in [7, 11) is 1.26. The number of carbonyl (C=O) groups excluding carboxylic acids is 4. The number of carbonyl (C=O) groups is 4. The Morgan fingerprint density at radius 2 is 1.50 bits per heavy atom. The van der Waals surface area contributed by atoms with Gasteiger partial charge in [0.25, 0.3) is 0 Å². The molecule has 2 atom stereocenters. The lowest BCUT2D eigenvalue weighted by Crippen LogP contribution is -2.51. The SMILES string of the molecule is COC(=O)[C@H](Cc1ccc(C(=O)c2ccccc2)cc1)NC(=O)[C@H]1CCCN1C(=O)OCc1ccccc1. The van der Waals surface area contributed by atoms with Gasteiger partial charge in [0.05, 0.1) is 7.11 Å². The molecule has 0 aliphatic carbocycles. The third-order valence-electron chi connectivity index (χ3n) is 6.49. The van der Waals surface area contributed by atoms with Crippen LogP contribution in [0.5, 0.6) is 0 Å². The molecule has 3 aromatic carbocycles. The van der Waals surface area contributed by atoms with Gasteiger partial charge in [-0.2, -0.15) is 0 Å². The van der Waals surface area contributed by atoms with Crippen LogP contribution in [0.4, 0.5) is 4.79 Å². The fraction of sp³-hybridized carbons (Fsp3) is 0.267. The number of nitrogens with zero attached hydrogens (tertiary/aromatic N) is 1. The van der Waals surface area contributed by atoms with Crippen molar-refractivity contribution >= 4 is 23.8 Å². The Balaban J connectivity index is 1.38.